The van der Waals surface area contributed by atoms with Gasteiger partial charge in [0.15, 0.2) is 0 Å². The minimum absolute atomic E-state index is 0.144. The quantitative estimate of drug-likeness (QED) is 0.664. The van der Waals surface area contributed by atoms with E-state index < -0.39 is 10.0 Å². The van der Waals surface area contributed by atoms with E-state index in [4.69, 9.17) is 4.74 Å². The SMILES string of the molecule is Cc1ccc(CNC(=O)c2ccc3c(c2)CN(S(=O)(=O)c2ccccc2)CCO3)cc1. The minimum Gasteiger partial charge on any atom is -0.492 e. The van der Waals surface area contributed by atoms with Gasteiger partial charge in [-0.15, -0.1) is 0 Å². The van der Waals surface area contributed by atoms with Crippen molar-refractivity contribution in [3.63, 3.8) is 0 Å². The van der Waals surface area contributed by atoms with Crippen molar-refractivity contribution in [3.05, 3.63) is 95.1 Å². The zero-order chi connectivity index (χ0) is 21.8. The molecule has 0 bridgehead atoms. The van der Waals surface area contributed by atoms with E-state index in [1.807, 2.05) is 31.2 Å². The van der Waals surface area contributed by atoms with Crippen molar-refractivity contribution in [3.8, 4) is 5.75 Å². The summed E-state index contributed by atoms with van der Waals surface area (Å²) in [5.41, 5.74) is 3.31. The maximum atomic E-state index is 13.0. The van der Waals surface area contributed by atoms with Crippen LogP contribution in [0.3, 0.4) is 0 Å². The number of hydrogen-bond donors (Lipinski definition) is 1. The number of rotatable bonds is 5. The normalized spacial score (nSPS) is 14.2. The fourth-order valence-electron chi connectivity index (χ4n) is 3.45. The monoisotopic (exact) mass is 436 g/mol. The number of aryl methyl sites for hydroxylation is 1. The largest absolute Gasteiger partial charge is 0.492 e. The van der Waals surface area contributed by atoms with Gasteiger partial charge in [-0.1, -0.05) is 48.0 Å². The Morgan fingerprint density at radius 3 is 2.52 bits per heavy atom. The van der Waals surface area contributed by atoms with Gasteiger partial charge in [0.2, 0.25) is 10.0 Å². The van der Waals surface area contributed by atoms with E-state index in [0.717, 1.165) is 11.1 Å². The molecule has 7 heteroatoms. The van der Waals surface area contributed by atoms with E-state index in [1.165, 1.54) is 4.31 Å². The highest BCUT2D eigenvalue weighted by Crippen LogP contribution is 2.27. The van der Waals surface area contributed by atoms with Crippen molar-refractivity contribution in [2.45, 2.75) is 24.9 Å². The summed E-state index contributed by atoms with van der Waals surface area (Å²) < 4.78 is 33.2. The van der Waals surface area contributed by atoms with Crippen molar-refractivity contribution in [1.29, 1.82) is 0 Å². The van der Waals surface area contributed by atoms with Gasteiger partial charge in [-0.25, -0.2) is 8.42 Å². The lowest BCUT2D eigenvalue weighted by molar-refractivity contribution is 0.0950. The molecule has 6 nitrogen and oxygen atoms in total. The van der Waals surface area contributed by atoms with Crippen LogP contribution in [0, 0.1) is 6.92 Å². The summed E-state index contributed by atoms with van der Waals surface area (Å²) in [6.07, 6.45) is 0. The Morgan fingerprint density at radius 1 is 1.03 bits per heavy atom. The second-order valence-electron chi connectivity index (χ2n) is 7.49. The smallest absolute Gasteiger partial charge is 0.251 e. The molecule has 0 spiro atoms. The summed E-state index contributed by atoms with van der Waals surface area (Å²) in [4.78, 5) is 12.9. The summed E-state index contributed by atoms with van der Waals surface area (Å²) in [6, 6.07) is 21.4. The number of carbonyl (C=O) groups excluding carboxylic acids is 1. The van der Waals surface area contributed by atoms with Crippen LogP contribution in [-0.2, 0) is 23.1 Å². The predicted octanol–water partition coefficient (Wildman–Crippen LogP) is 3.51. The molecule has 3 aromatic rings. The van der Waals surface area contributed by atoms with E-state index in [0.29, 0.717) is 23.4 Å². The topological polar surface area (TPSA) is 75.7 Å². The van der Waals surface area contributed by atoms with Crippen LogP contribution in [0.25, 0.3) is 0 Å². The summed E-state index contributed by atoms with van der Waals surface area (Å²) in [5.74, 6) is 0.380. The third-order valence-electron chi connectivity index (χ3n) is 5.22. The molecule has 1 amide bonds. The van der Waals surface area contributed by atoms with Gasteiger partial charge in [-0.2, -0.15) is 4.31 Å². The van der Waals surface area contributed by atoms with E-state index >= 15 is 0 Å². The molecule has 160 valence electrons. The molecule has 31 heavy (non-hydrogen) atoms. The molecule has 1 heterocycles. The molecule has 1 aliphatic heterocycles. The van der Waals surface area contributed by atoms with Gasteiger partial charge >= 0.3 is 0 Å². The lowest BCUT2D eigenvalue weighted by Gasteiger charge is -2.19. The molecule has 0 saturated heterocycles. The fourth-order valence-corrected chi connectivity index (χ4v) is 4.87. The van der Waals surface area contributed by atoms with Crippen LogP contribution in [0.15, 0.2) is 77.7 Å². The third kappa shape index (κ3) is 4.78. The molecule has 1 N–H and O–H groups in total. The average Bonchev–Trinajstić information content (AvgIpc) is 3.01. The van der Waals surface area contributed by atoms with Crippen LogP contribution in [0.4, 0.5) is 0 Å². The Hall–Kier alpha value is -3.16. The van der Waals surface area contributed by atoms with Gasteiger partial charge in [-0.05, 0) is 42.8 Å². The van der Waals surface area contributed by atoms with Crippen molar-refractivity contribution in [1.82, 2.24) is 9.62 Å². The molecule has 0 aromatic heterocycles. The Labute approximate surface area is 182 Å². The molecular formula is C24H24N2O4S. The molecule has 0 radical (unpaired) electrons. The number of ether oxygens (including phenoxy) is 1. The Morgan fingerprint density at radius 2 is 1.77 bits per heavy atom. The van der Waals surface area contributed by atoms with Crippen LogP contribution in [0.2, 0.25) is 0 Å². The number of carbonyl (C=O) groups is 1. The summed E-state index contributed by atoms with van der Waals surface area (Å²) in [6.45, 7) is 3.06. The minimum atomic E-state index is -3.66. The highest BCUT2D eigenvalue weighted by Gasteiger charge is 2.28. The standard InChI is InChI=1S/C24H24N2O4S/c1-18-7-9-19(10-8-18)16-25-24(27)20-11-12-23-21(15-20)17-26(13-14-30-23)31(28,29)22-5-3-2-4-6-22/h2-12,15H,13-14,16-17H2,1H3,(H,25,27). The van der Waals surface area contributed by atoms with Gasteiger partial charge in [-0.3, -0.25) is 4.79 Å². The van der Waals surface area contributed by atoms with Crippen LogP contribution in [0.5, 0.6) is 5.75 Å². The van der Waals surface area contributed by atoms with Crippen molar-refractivity contribution in [2.24, 2.45) is 0 Å². The fraction of sp³-hybridized carbons (Fsp3) is 0.208. The average molecular weight is 437 g/mol. The molecule has 3 aromatic carbocycles. The zero-order valence-electron chi connectivity index (χ0n) is 17.2. The first-order valence-corrected chi connectivity index (χ1v) is 11.5. The van der Waals surface area contributed by atoms with E-state index in [2.05, 4.69) is 5.32 Å². The van der Waals surface area contributed by atoms with Gasteiger partial charge in [0.25, 0.3) is 5.91 Å². The highest BCUT2D eigenvalue weighted by atomic mass is 32.2. The second kappa shape index (κ2) is 8.91. The molecule has 0 fully saturated rings. The van der Waals surface area contributed by atoms with Gasteiger partial charge in [0, 0.05) is 30.8 Å². The third-order valence-corrected chi connectivity index (χ3v) is 7.08. The van der Waals surface area contributed by atoms with Crippen LogP contribution < -0.4 is 10.1 Å². The van der Waals surface area contributed by atoms with E-state index in [1.54, 1.807) is 48.5 Å². The molecule has 0 aliphatic carbocycles. The second-order valence-corrected chi connectivity index (χ2v) is 9.43. The first-order valence-electron chi connectivity index (χ1n) is 10.1. The number of hydrogen-bond acceptors (Lipinski definition) is 4. The molecule has 0 saturated carbocycles. The molecule has 0 unspecified atom stereocenters. The first kappa shape index (κ1) is 21.1. The van der Waals surface area contributed by atoms with Gasteiger partial charge < -0.3 is 10.1 Å². The Bertz CT molecular complexity index is 1180. The summed E-state index contributed by atoms with van der Waals surface area (Å²) in [5, 5.41) is 2.91. The van der Waals surface area contributed by atoms with Crippen molar-refractivity contribution < 1.29 is 17.9 Å². The maximum Gasteiger partial charge on any atom is 0.251 e. The number of nitrogens with one attached hydrogen (secondary N) is 1. The number of fused-ring (bicyclic) bond motifs is 1. The lowest BCUT2D eigenvalue weighted by atomic mass is 10.1. The Balaban J connectivity index is 1.52. The lowest BCUT2D eigenvalue weighted by Crippen LogP contribution is -2.32. The number of benzene rings is 3. The van der Waals surface area contributed by atoms with Gasteiger partial charge in [0.05, 0.1) is 4.90 Å². The zero-order valence-corrected chi connectivity index (χ0v) is 18.1. The molecule has 0 atom stereocenters. The van der Waals surface area contributed by atoms with Crippen molar-refractivity contribution >= 4 is 15.9 Å². The molecule has 4 rings (SSSR count). The van der Waals surface area contributed by atoms with Crippen LogP contribution in [0.1, 0.15) is 27.0 Å². The van der Waals surface area contributed by atoms with Crippen molar-refractivity contribution in [2.75, 3.05) is 13.2 Å². The maximum absolute atomic E-state index is 13.0. The molecule has 1 aliphatic rings. The number of nitrogens with zero attached hydrogens (tertiary/aromatic N) is 1. The number of amides is 1. The number of sulfonamides is 1. The summed E-state index contributed by atoms with van der Waals surface area (Å²) in [7, 11) is -3.66. The summed E-state index contributed by atoms with van der Waals surface area (Å²) >= 11 is 0. The van der Waals surface area contributed by atoms with E-state index in [-0.39, 0.29) is 30.5 Å². The Kier molecular flexibility index (Phi) is 6.06. The van der Waals surface area contributed by atoms with Crippen LogP contribution >= 0.6 is 0 Å². The van der Waals surface area contributed by atoms with E-state index in [9.17, 15) is 13.2 Å². The van der Waals surface area contributed by atoms with Crippen LogP contribution in [-0.4, -0.2) is 31.8 Å². The highest BCUT2D eigenvalue weighted by molar-refractivity contribution is 7.89. The first-order chi connectivity index (χ1) is 14.9. The molecular weight excluding hydrogens is 412 g/mol. The van der Waals surface area contributed by atoms with Gasteiger partial charge in [0.1, 0.15) is 12.4 Å². The predicted molar refractivity (Wildman–Crippen MR) is 118 cm³/mol.